The van der Waals surface area contributed by atoms with E-state index >= 15 is 0 Å². The SMILES string of the molecule is C=CCOc1ccc(C(=O)NC(C)(COC)CC(=O)O)cc1. The molecule has 6 nitrogen and oxygen atoms in total. The molecule has 120 valence electrons. The van der Waals surface area contributed by atoms with Crippen LogP contribution < -0.4 is 10.1 Å². The molecule has 2 N–H and O–H groups in total. The fourth-order valence-electron chi connectivity index (χ4n) is 1.99. The number of carboxylic acid groups (broad SMARTS) is 1. The van der Waals surface area contributed by atoms with Gasteiger partial charge >= 0.3 is 5.97 Å². The zero-order chi connectivity index (χ0) is 16.6. The molecule has 0 fully saturated rings. The fourth-order valence-corrected chi connectivity index (χ4v) is 1.99. The third-order valence-corrected chi connectivity index (χ3v) is 2.90. The number of hydrogen-bond acceptors (Lipinski definition) is 4. The molecule has 0 aliphatic rings. The minimum absolute atomic E-state index is 0.103. The van der Waals surface area contributed by atoms with Gasteiger partial charge in [-0.15, -0.1) is 0 Å². The summed E-state index contributed by atoms with van der Waals surface area (Å²) in [6.45, 7) is 5.67. The van der Waals surface area contributed by atoms with Crippen molar-refractivity contribution in [1.82, 2.24) is 5.32 Å². The van der Waals surface area contributed by atoms with Crippen LogP contribution in [0.4, 0.5) is 0 Å². The highest BCUT2D eigenvalue weighted by Gasteiger charge is 2.29. The molecular weight excluding hydrogens is 286 g/mol. The van der Waals surface area contributed by atoms with Gasteiger partial charge in [-0.1, -0.05) is 12.7 Å². The van der Waals surface area contributed by atoms with Gasteiger partial charge in [-0.25, -0.2) is 0 Å². The number of carbonyl (C=O) groups excluding carboxylic acids is 1. The second kappa shape index (κ2) is 8.19. The number of methoxy groups -OCH3 is 1. The van der Waals surface area contributed by atoms with Gasteiger partial charge in [-0.05, 0) is 31.2 Å². The highest BCUT2D eigenvalue weighted by atomic mass is 16.5. The molecule has 0 heterocycles. The van der Waals surface area contributed by atoms with Crippen LogP contribution in [0.1, 0.15) is 23.7 Å². The molecule has 0 bridgehead atoms. The summed E-state index contributed by atoms with van der Waals surface area (Å²) in [5.74, 6) is -0.745. The standard InChI is InChI=1S/C16H21NO5/c1-4-9-22-13-7-5-12(6-8-13)15(20)17-16(2,11-21-3)10-14(18)19/h4-8H,1,9-11H2,2-3H3,(H,17,20)(H,18,19). The van der Waals surface area contributed by atoms with Crippen molar-refractivity contribution in [3.8, 4) is 5.75 Å². The van der Waals surface area contributed by atoms with Gasteiger partial charge in [0.1, 0.15) is 12.4 Å². The van der Waals surface area contributed by atoms with Crippen molar-refractivity contribution in [1.29, 1.82) is 0 Å². The van der Waals surface area contributed by atoms with E-state index in [2.05, 4.69) is 11.9 Å². The quantitative estimate of drug-likeness (QED) is 0.680. The van der Waals surface area contributed by atoms with Crippen molar-refractivity contribution in [3.05, 3.63) is 42.5 Å². The minimum atomic E-state index is -1.01. The van der Waals surface area contributed by atoms with Gasteiger partial charge in [0.25, 0.3) is 5.91 Å². The van der Waals surface area contributed by atoms with Crippen LogP contribution in [0.5, 0.6) is 5.75 Å². The predicted octanol–water partition coefficient (Wildman–Crippen LogP) is 1.86. The maximum atomic E-state index is 12.2. The Labute approximate surface area is 129 Å². The van der Waals surface area contributed by atoms with E-state index in [4.69, 9.17) is 14.6 Å². The van der Waals surface area contributed by atoms with Crippen molar-refractivity contribution in [3.63, 3.8) is 0 Å². The average molecular weight is 307 g/mol. The first kappa shape index (κ1) is 17.7. The Morgan fingerprint density at radius 2 is 2.00 bits per heavy atom. The topological polar surface area (TPSA) is 84.9 Å². The van der Waals surface area contributed by atoms with E-state index < -0.39 is 11.5 Å². The van der Waals surface area contributed by atoms with Crippen molar-refractivity contribution in [2.24, 2.45) is 0 Å². The third kappa shape index (κ3) is 5.57. The van der Waals surface area contributed by atoms with Crippen molar-refractivity contribution >= 4 is 11.9 Å². The molecule has 0 saturated carbocycles. The number of carbonyl (C=O) groups is 2. The van der Waals surface area contributed by atoms with Crippen molar-refractivity contribution in [2.45, 2.75) is 18.9 Å². The monoisotopic (exact) mass is 307 g/mol. The fraction of sp³-hybridized carbons (Fsp3) is 0.375. The molecule has 1 amide bonds. The Hall–Kier alpha value is -2.34. The van der Waals surface area contributed by atoms with Crippen LogP contribution in [0.3, 0.4) is 0 Å². The maximum absolute atomic E-state index is 12.2. The first-order valence-corrected chi connectivity index (χ1v) is 6.77. The Bertz CT molecular complexity index is 526. The van der Waals surface area contributed by atoms with Gasteiger partial charge in [0.2, 0.25) is 0 Å². The van der Waals surface area contributed by atoms with Crippen molar-refractivity contribution in [2.75, 3.05) is 20.3 Å². The Morgan fingerprint density at radius 1 is 1.36 bits per heavy atom. The summed E-state index contributed by atoms with van der Waals surface area (Å²) in [5.41, 5.74) is -0.561. The summed E-state index contributed by atoms with van der Waals surface area (Å²) >= 11 is 0. The molecule has 1 aromatic carbocycles. The largest absolute Gasteiger partial charge is 0.490 e. The summed E-state index contributed by atoms with van der Waals surface area (Å²) in [6.07, 6.45) is 1.40. The minimum Gasteiger partial charge on any atom is -0.490 e. The Morgan fingerprint density at radius 3 is 2.50 bits per heavy atom. The molecule has 0 aliphatic carbocycles. The van der Waals surface area contributed by atoms with E-state index in [-0.39, 0.29) is 18.9 Å². The number of ether oxygens (including phenoxy) is 2. The van der Waals surface area contributed by atoms with Crippen LogP contribution in [0.25, 0.3) is 0 Å². The van der Waals surface area contributed by atoms with E-state index in [1.807, 2.05) is 0 Å². The number of aliphatic carboxylic acids is 1. The van der Waals surface area contributed by atoms with E-state index in [0.717, 1.165) is 0 Å². The lowest BCUT2D eigenvalue weighted by Gasteiger charge is -2.28. The highest BCUT2D eigenvalue weighted by Crippen LogP contribution is 2.15. The van der Waals surface area contributed by atoms with E-state index in [1.165, 1.54) is 7.11 Å². The molecule has 6 heteroatoms. The summed E-state index contributed by atoms with van der Waals surface area (Å²) in [4.78, 5) is 23.1. The molecule has 0 spiro atoms. The van der Waals surface area contributed by atoms with Crippen LogP contribution in [0.15, 0.2) is 36.9 Å². The first-order valence-electron chi connectivity index (χ1n) is 6.77. The van der Waals surface area contributed by atoms with Crippen LogP contribution >= 0.6 is 0 Å². The third-order valence-electron chi connectivity index (χ3n) is 2.90. The smallest absolute Gasteiger partial charge is 0.305 e. The number of nitrogens with one attached hydrogen (secondary N) is 1. The van der Waals surface area contributed by atoms with Gasteiger partial charge in [-0.3, -0.25) is 9.59 Å². The van der Waals surface area contributed by atoms with Gasteiger partial charge in [0.05, 0.1) is 18.6 Å². The van der Waals surface area contributed by atoms with Crippen molar-refractivity contribution < 1.29 is 24.2 Å². The number of benzene rings is 1. The zero-order valence-electron chi connectivity index (χ0n) is 12.8. The average Bonchev–Trinajstić information content (AvgIpc) is 2.44. The molecule has 0 aromatic heterocycles. The lowest BCUT2D eigenvalue weighted by atomic mass is 9.98. The zero-order valence-corrected chi connectivity index (χ0v) is 12.8. The molecule has 22 heavy (non-hydrogen) atoms. The second-order valence-electron chi connectivity index (χ2n) is 5.14. The number of rotatable bonds is 9. The number of amides is 1. The summed E-state index contributed by atoms with van der Waals surface area (Å²) in [5, 5.41) is 11.6. The van der Waals surface area contributed by atoms with Gasteiger partial charge in [0, 0.05) is 12.7 Å². The molecule has 1 atom stereocenters. The first-order chi connectivity index (χ1) is 10.4. The normalized spacial score (nSPS) is 13.0. The number of carboxylic acids is 1. The molecule has 1 aromatic rings. The summed E-state index contributed by atoms with van der Waals surface area (Å²) < 4.78 is 10.3. The second-order valence-corrected chi connectivity index (χ2v) is 5.14. The maximum Gasteiger partial charge on any atom is 0.305 e. The van der Waals surface area contributed by atoms with Crippen LogP contribution in [-0.4, -0.2) is 42.8 Å². The van der Waals surface area contributed by atoms with Crippen LogP contribution in [-0.2, 0) is 9.53 Å². The van der Waals surface area contributed by atoms with E-state index in [9.17, 15) is 9.59 Å². The van der Waals surface area contributed by atoms with Gasteiger partial charge in [-0.2, -0.15) is 0 Å². The molecule has 0 aliphatic heterocycles. The molecule has 1 rings (SSSR count). The predicted molar refractivity (Wildman–Crippen MR) is 82.1 cm³/mol. The lowest BCUT2D eigenvalue weighted by molar-refractivity contribution is -0.139. The van der Waals surface area contributed by atoms with Crippen LogP contribution in [0.2, 0.25) is 0 Å². The Kier molecular flexibility index (Phi) is 6.59. The number of hydrogen-bond donors (Lipinski definition) is 2. The molecular formula is C16H21NO5. The molecule has 1 unspecified atom stereocenters. The van der Waals surface area contributed by atoms with E-state index in [0.29, 0.717) is 17.9 Å². The summed E-state index contributed by atoms with van der Waals surface area (Å²) in [6, 6.07) is 6.57. The Balaban J connectivity index is 2.76. The van der Waals surface area contributed by atoms with E-state index in [1.54, 1.807) is 37.3 Å². The van der Waals surface area contributed by atoms with Crippen LogP contribution in [0, 0.1) is 0 Å². The van der Waals surface area contributed by atoms with Gasteiger partial charge in [0.15, 0.2) is 0 Å². The molecule has 0 saturated heterocycles. The molecule has 0 radical (unpaired) electrons. The summed E-state index contributed by atoms with van der Waals surface area (Å²) in [7, 11) is 1.46. The van der Waals surface area contributed by atoms with Gasteiger partial charge < -0.3 is 19.9 Å². The highest BCUT2D eigenvalue weighted by molar-refractivity contribution is 5.95. The lowest BCUT2D eigenvalue weighted by Crippen LogP contribution is -2.50.